The summed E-state index contributed by atoms with van der Waals surface area (Å²) in [6.45, 7) is 3.45. The van der Waals surface area contributed by atoms with E-state index < -0.39 is 0 Å². The second-order valence-electron chi connectivity index (χ2n) is 3.65. The van der Waals surface area contributed by atoms with Crippen LogP contribution in [0.5, 0.6) is 5.75 Å². The summed E-state index contributed by atoms with van der Waals surface area (Å²) in [6, 6.07) is 7.40. The van der Waals surface area contributed by atoms with Crippen molar-refractivity contribution in [1.29, 1.82) is 0 Å². The SMILES string of the molecule is Cc1cncn1CCOc1ccc(N)cc1. The fourth-order valence-corrected chi connectivity index (χ4v) is 1.45. The van der Waals surface area contributed by atoms with Gasteiger partial charge in [-0.15, -0.1) is 0 Å². The van der Waals surface area contributed by atoms with Crippen LogP contribution in [0.3, 0.4) is 0 Å². The summed E-state index contributed by atoms with van der Waals surface area (Å²) in [5, 5.41) is 0. The lowest BCUT2D eigenvalue weighted by molar-refractivity contribution is 0.297. The van der Waals surface area contributed by atoms with Crippen molar-refractivity contribution >= 4 is 5.69 Å². The summed E-state index contributed by atoms with van der Waals surface area (Å²) in [7, 11) is 0. The van der Waals surface area contributed by atoms with Crippen molar-refractivity contribution in [2.24, 2.45) is 0 Å². The van der Waals surface area contributed by atoms with Gasteiger partial charge in [0, 0.05) is 17.6 Å². The molecule has 0 radical (unpaired) electrons. The monoisotopic (exact) mass is 217 g/mol. The minimum absolute atomic E-state index is 0.626. The van der Waals surface area contributed by atoms with Crippen molar-refractivity contribution < 1.29 is 4.74 Å². The van der Waals surface area contributed by atoms with E-state index in [0.29, 0.717) is 6.61 Å². The molecule has 84 valence electrons. The highest BCUT2D eigenvalue weighted by atomic mass is 16.5. The first-order valence-corrected chi connectivity index (χ1v) is 5.21. The van der Waals surface area contributed by atoms with Crippen molar-refractivity contribution in [2.75, 3.05) is 12.3 Å². The molecule has 0 saturated heterocycles. The zero-order valence-corrected chi connectivity index (χ0v) is 9.26. The molecule has 0 aliphatic rings. The Morgan fingerprint density at radius 3 is 2.69 bits per heavy atom. The molecule has 4 heteroatoms. The van der Waals surface area contributed by atoms with Gasteiger partial charge in [-0.05, 0) is 31.2 Å². The molecule has 0 aliphatic heterocycles. The standard InChI is InChI=1S/C12H15N3O/c1-10-8-14-9-15(10)6-7-16-12-4-2-11(13)3-5-12/h2-5,8-9H,6-7,13H2,1H3. The van der Waals surface area contributed by atoms with Gasteiger partial charge in [0.15, 0.2) is 0 Å². The topological polar surface area (TPSA) is 53.1 Å². The molecule has 1 heterocycles. The van der Waals surface area contributed by atoms with Gasteiger partial charge in [-0.3, -0.25) is 0 Å². The van der Waals surface area contributed by atoms with Gasteiger partial charge in [-0.2, -0.15) is 0 Å². The molecule has 16 heavy (non-hydrogen) atoms. The van der Waals surface area contributed by atoms with Crippen LogP contribution in [0.15, 0.2) is 36.8 Å². The van der Waals surface area contributed by atoms with Crippen LogP contribution >= 0.6 is 0 Å². The van der Waals surface area contributed by atoms with E-state index in [4.69, 9.17) is 10.5 Å². The van der Waals surface area contributed by atoms with Crippen LogP contribution in [0.25, 0.3) is 0 Å². The van der Waals surface area contributed by atoms with Crippen LogP contribution in [-0.2, 0) is 6.54 Å². The molecule has 0 spiro atoms. The summed E-state index contributed by atoms with van der Waals surface area (Å²) in [6.07, 6.45) is 3.64. The Hall–Kier alpha value is -1.97. The molecule has 4 nitrogen and oxygen atoms in total. The smallest absolute Gasteiger partial charge is 0.119 e. The lowest BCUT2D eigenvalue weighted by Crippen LogP contribution is -2.08. The van der Waals surface area contributed by atoms with Crippen LogP contribution in [-0.4, -0.2) is 16.2 Å². The molecule has 1 aromatic heterocycles. The molecule has 0 unspecified atom stereocenters. The van der Waals surface area contributed by atoms with E-state index in [2.05, 4.69) is 9.55 Å². The van der Waals surface area contributed by atoms with E-state index in [-0.39, 0.29) is 0 Å². The van der Waals surface area contributed by atoms with Gasteiger partial charge in [0.25, 0.3) is 0 Å². The molecule has 2 aromatic rings. The van der Waals surface area contributed by atoms with Crippen LogP contribution in [0, 0.1) is 6.92 Å². The summed E-state index contributed by atoms with van der Waals surface area (Å²) < 4.78 is 7.64. The van der Waals surface area contributed by atoms with Crippen molar-refractivity contribution in [1.82, 2.24) is 9.55 Å². The number of hydrogen-bond donors (Lipinski definition) is 1. The molecule has 0 bridgehead atoms. The fraction of sp³-hybridized carbons (Fsp3) is 0.250. The van der Waals surface area contributed by atoms with E-state index in [1.165, 1.54) is 0 Å². The molecule has 0 atom stereocenters. The Balaban J connectivity index is 1.84. The largest absolute Gasteiger partial charge is 0.492 e. The molecule has 0 amide bonds. The summed E-state index contributed by atoms with van der Waals surface area (Å²) in [4.78, 5) is 4.05. The number of anilines is 1. The number of nitrogens with two attached hydrogens (primary N) is 1. The highest BCUT2D eigenvalue weighted by Crippen LogP contribution is 2.13. The minimum Gasteiger partial charge on any atom is -0.492 e. The van der Waals surface area contributed by atoms with Crippen molar-refractivity contribution in [3.05, 3.63) is 42.5 Å². The predicted octanol–water partition coefficient (Wildman–Crippen LogP) is 1.85. The number of aromatic nitrogens is 2. The van der Waals surface area contributed by atoms with Gasteiger partial charge in [0.2, 0.25) is 0 Å². The van der Waals surface area contributed by atoms with E-state index >= 15 is 0 Å². The highest BCUT2D eigenvalue weighted by Gasteiger charge is 1.97. The first-order chi connectivity index (χ1) is 7.75. The summed E-state index contributed by atoms with van der Waals surface area (Å²) >= 11 is 0. The lowest BCUT2D eigenvalue weighted by atomic mass is 10.3. The van der Waals surface area contributed by atoms with Gasteiger partial charge in [-0.25, -0.2) is 4.98 Å². The van der Waals surface area contributed by atoms with Crippen LogP contribution in [0.4, 0.5) is 5.69 Å². The average molecular weight is 217 g/mol. The van der Waals surface area contributed by atoms with Gasteiger partial charge in [0.05, 0.1) is 12.9 Å². The average Bonchev–Trinajstić information content (AvgIpc) is 2.68. The third kappa shape index (κ3) is 2.53. The molecule has 0 saturated carbocycles. The van der Waals surface area contributed by atoms with E-state index in [9.17, 15) is 0 Å². The zero-order chi connectivity index (χ0) is 11.4. The van der Waals surface area contributed by atoms with Gasteiger partial charge in [0.1, 0.15) is 12.4 Å². The van der Waals surface area contributed by atoms with E-state index in [1.54, 1.807) is 0 Å². The molecule has 0 aliphatic carbocycles. The molecule has 2 rings (SSSR count). The van der Waals surface area contributed by atoms with Crippen molar-refractivity contribution in [3.8, 4) is 5.75 Å². The summed E-state index contributed by atoms with van der Waals surface area (Å²) in [5.41, 5.74) is 7.47. The molecule has 1 aromatic carbocycles. The Morgan fingerprint density at radius 1 is 1.31 bits per heavy atom. The number of nitrogen functional groups attached to an aromatic ring is 1. The van der Waals surface area contributed by atoms with Crippen LogP contribution in [0.1, 0.15) is 5.69 Å². The van der Waals surface area contributed by atoms with Crippen LogP contribution < -0.4 is 10.5 Å². The number of rotatable bonds is 4. The minimum atomic E-state index is 0.626. The van der Waals surface area contributed by atoms with Gasteiger partial charge in [-0.1, -0.05) is 0 Å². The third-order valence-corrected chi connectivity index (χ3v) is 2.40. The molecule has 2 N–H and O–H groups in total. The van der Waals surface area contributed by atoms with Crippen molar-refractivity contribution in [2.45, 2.75) is 13.5 Å². The number of imidazole rings is 1. The first kappa shape index (κ1) is 10.5. The van der Waals surface area contributed by atoms with E-state index in [1.807, 2.05) is 43.7 Å². The molecular formula is C12H15N3O. The molecular weight excluding hydrogens is 202 g/mol. The number of ether oxygens (including phenoxy) is 1. The maximum absolute atomic E-state index is 5.59. The van der Waals surface area contributed by atoms with Crippen LogP contribution in [0.2, 0.25) is 0 Å². The second-order valence-corrected chi connectivity index (χ2v) is 3.65. The van der Waals surface area contributed by atoms with Crippen molar-refractivity contribution in [3.63, 3.8) is 0 Å². The predicted molar refractivity (Wildman–Crippen MR) is 63.3 cm³/mol. The Labute approximate surface area is 94.7 Å². The maximum atomic E-state index is 5.59. The number of aryl methyl sites for hydroxylation is 1. The summed E-state index contributed by atoms with van der Waals surface area (Å²) in [5.74, 6) is 0.840. The number of nitrogens with zero attached hydrogens (tertiary/aromatic N) is 2. The second kappa shape index (κ2) is 4.70. The lowest BCUT2D eigenvalue weighted by Gasteiger charge is -2.08. The number of benzene rings is 1. The normalized spacial score (nSPS) is 10.3. The maximum Gasteiger partial charge on any atom is 0.119 e. The van der Waals surface area contributed by atoms with Gasteiger partial charge < -0.3 is 15.0 Å². The van der Waals surface area contributed by atoms with Gasteiger partial charge >= 0.3 is 0 Å². The first-order valence-electron chi connectivity index (χ1n) is 5.21. The highest BCUT2D eigenvalue weighted by molar-refractivity contribution is 5.41. The molecule has 0 fully saturated rings. The fourth-order valence-electron chi connectivity index (χ4n) is 1.45. The quantitative estimate of drug-likeness (QED) is 0.795. The Morgan fingerprint density at radius 2 is 2.06 bits per heavy atom. The Bertz CT molecular complexity index is 448. The Kier molecular flexibility index (Phi) is 3.10. The zero-order valence-electron chi connectivity index (χ0n) is 9.26. The van der Waals surface area contributed by atoms with E-state index in [0.717, 1.165) is 23.7 Å². The third-order valence-electron chi connectivity index (χ3n) is 2.40. The number of hydrogen-bond acceptors (Lipinski definition) is 3.